The minimum Gasteiger partial charge on any atom is -0.494 e. The van der Waals surface area contributed by atoms with Crippen LogP contribution in [0.3, 0.4) is 0 Å². The van der Waals surface area contributed by atoms with Crippen LogP contribution in [0.1, 0.15) is 46.0 Å². The van der Waals surface area contributed by atoms with Gasteiger partial charge in [-0.15, -0.1) is 0 Å². The van der Waals surface area contributed by atoms with Crippen molar-refractivity contribution >= 4 is 6.16 Å². The Morgan fingerprint density at radius 2 is 1.61 bits per heavy atom. The summed E-state index contributed by atoms with van der Waals surface area (Å²) in [4.78, 5) is 11.8. The first-order chi connectivity index (χ1) is 15.7. The number of carbonyl (C=O) groups excluding carboxylic acids is 1. The summed E-state index contributed by atoms with van der Waals surface area (Å²) in [5.41, 5.74) is 0.328. The SMILES string of the molecule is CCCCC(CCOC(=O)Oc1ccc(-c2ccc(OCCC)cc2)c(F)c1F)C(F)(F)F. The predicted molar refractivity (Wildman–Crippen MR) is 113 cm³/mol. The summed E-state index contributed by atoms with van der Waals surface area (Å²) in [5, 5.41) is 0. The Morgan fingerprint density at radius 3 is 2.21 bits per heavy atom. The molecule has 33 heavy (non-hydrogen) atoms. The molecule has 1 unspecified atom stereocenters. The standard InChI is InChI=1S/C24H27F5O4/c1-3-5-6-17(24(27,28)29)13-15-32-23(30)33-20-12-11-19(21(25)22(20)26)16-7-9-18(10-8-16)31-14-4-2/h7-12,17H,3-6,13-15H2,1-2H3. The van der Waals surface area contributed by atoms with Crippen LogP contribution in [0.25, 0.3) is 11.1 Å². The first kappa shape index (κ1) is 26.4. The lowest BCUT2D eigenvalue weighted by Gasteiger charge is -2.19. The molecule has 4 nitrogen and oxygen atoms in total. The molecule has 2 aromatic rings. The zero-order valence-corrected chi connectivity index (χ0v) is 18.5. The molecule has 0 saturated carbocycles. The van der Waals surface area contributed by atoms with Crippen LogP contribution in [0.4, 0.5) is 26.7 Å². The van der Waals surface area contributed by atoms with E-state index in [1.807, 2.05) is 6.92 Å². The minimum absolute atomic E-state index is 0.0563. The predicted octanol–water partition coefficient (Wildman–Crippen LogP) is 7.69. The number of hydrogen-bond donors (Lipinski definition) is 0. The summed E-state index contributed by atoms with van der Waals surface area (Å²) in [6.07, 6.45) is -4.51. The van der Waals surface area contributed by atoms with Gasteiger partial charge in [-0.25, -0.2) is 9.18 Å². The van der Waals surface area contributed by atoms with Crippen LogP contribution in [-0.4, -0.2) is 25.5 Å². The molecule has 1 atom stereocenters. The molecule has 0 fully saturated rings. The number of hydrogen-bond acceptors (Lipinski definition) is 4. The quantitative estimate of drug-likeness (QED) is 0.190. The number of alkyl halides is 3. The summed E-state index contributed by atoms with van der Waals surface area (Å²) >= 11 is 0. The molecule has 0 aromatic heterocycles. The fraction of sp³-hybridized carbons (Fsp3) is 0.458. The van der Waals surface area contributed by atoms with Crippen molar-refractivity contribution in [2.24, 2.45) is 5.92 Å². The van der Waals surface area contributed by atoms with E-state index in [0.717, 1.165) is 12.5 Å². The van der Waals surface area contributed by atoms with Gasteiger partial charge in [-0.2, -0.15) is 17.6 Å². The Balaban J connectivity index is 1.98. The Morgan fingerprint density at radius 1 is 0.909 bits per heavy atom. The van der Waals surface area contributed by atoms with E-state index < -0.39 is 48.7 Å². The van der Waals surface area contributed by atoms with E-state index >= 15 is 0 Å². The first-order valence-corrected chi connectivity index (χ1v) is 10.8. The Hall–Kier alpha value is -2.84. The molecular weight excluding hydrogens is 447 g/mol. The highest BCUT2D eigenvalue weighted by atomic mass is 19.4. The van der Waals surface area contributed by atoms with Gasteiger partial charge in [0, 0.05) is 5.56 Å². The van der Waals surface area contributed by atoms with Gasteiger partial charge in [0.05, 0.1) is 19.1 Å². The normalized spacial score (nSPS) is 12.3. The van der Waals surface area contributed by atoms with E-state index in [4.69, 9.17) is 4.74 Å². The first-order valence-electron chi connectivity index (χ1n) is 10.8. The molecule has 0 aliphatic rings. The van der Waals surface area contributed by atoms with Crippen molar-refractivity contribution in [3.8, 4) is 22.6 Å². The molecule has 2 aromatic carbocycles. The average molecular weight is 474 g/mol. The van der Waals surface area contributed by atoms with Crippen LogP contribution in [-0.2, 0) is 4.74 Å². The third-order valence-corrected chi connectivity index (χ3v) is 4.93. The summed E-state index contributed by atoms with van der Waals surface area (Å²) in [5.74, 6) is -4.39. The van der Waals surface area contributed by atoms with Crippen LogP contribution in [0.15, 0.2) is 36.4 Å². The summed E-state index contributed by atoms with van der Waals surface area (Å²) in [6, 6.07) is 8.65. The minimum atomic E-state index is -4.41. The fourth-order valence-corrected chi connectivity index (χ4v) is 3.11. The molecule has 0 amide bonds. The van der Waals surface area contributed by atoms with Gasteiger partial charge in [-0.05, 0) is 49.1 Å². The second-order valence-corrected chi connectivity index (χ2v) is 7.48. The molecule has 0 heterocycles. The highest BCUT2D eigenvalue weighted by molar-refractivity contribution is 5.68. The largest absolute Gasteiger partial charge is 0.513 e. The number of ether oxygens (including phenoxy) is 3. The van der Waals surface area contributed by atoms with Crippen LogP contribution in [0.5, 0.6) is 11.5 Å². The molecule has 0 bridgehead atoms. The van der Waals surface area contributed by atoms with Gasteiger partial charge in [0.15, 0.2) is 11.6 Å². The number of rotatable bonds is 11. The van der Waals surface area contributed by atoms with Crippen molar-refractivity contribution in [1.82, 2.24) is 0 Å². The van der Waals surface area contributed by atoms with Gasteiger partial charge in [-0.3, -0.25) is 0 Å². The van der Waals surface area contributed by atoms with E-state index in [1.165, 1.54) is 6.07 Å². The van der Waals surface area contributed by atoms with E-state index in [9.17, 15) is 26.7 Å². The van der Waals surface area contributed by atoms with Gasteiger partial charge in [0.25, 0.3) is 0 Å². The molecule has 2 rings (SSSR count). The Bertz CT molecular complexity index is 897. The highest BCUT2D eigenvalue weighted by Crippen LogP contribution is 2.33. The molecule has 0 aliphatic heterocycles. The lowest BCUT2D eigenvalue weighted by molar-refractivity contribution is -0.180. The fourth-order valence-electron chi connectivity index (χ4n) is 3.11. The molecule has 0 saturated heterocycles. The highest BCUT2D eigenvalue weighted by Gasteiger charge is 2.38. The Kier molecular flexibility index (Phi) is 9.94. The van der Waals surface area contributed by atoms with Gasteiger partial charge >= 0.3 is 12.3 Å². The van der Waals surface area contributed by atoms with E-state index in [0.29, 0.717) is 30.8 Å². The maximum absolute atomic E-state index is 14.5. The summed E-state index contributed by atoms with van der Waals surface area (Å²) < 4.78 is 82.7. The van der Waals surface area contributed by atoms with Crippen LogP contribution < -0.4 is 9.47 Å². The average Bonchev–Trinajstić information content (AvgIpc) is 2.77. The second kappa shape index (κ2) is 12.4. The van der Waals surface area contributed by atoms with Crippen molar-refractivity contribution in [2.75, 3.05) is 13.2 Å². The molecule has 182 valence electrons. The lowest BCUT2D eigenvalue weighted by atomic mass is 9.98. The molecule has 0 spiro atoms. The molecule has 0 aliphatic carbocycles. The van der Waals surface area contributed by atoms with Crippen molar-refractivity contribution in [2.45, 2.75) is 52.1 Å². The van der Waals surface area contributed by atoms with Gasteiger partial charge in [0.2, 0.25) is 5.82 Å². The summed E-state index contributed by atoms with van der Waals surface area (Å²) in [6.45, 7) is 3.71. The number of halogens is 5. The monoisotopic (exact) mass is 474 g/mol. The van der Waals surface area contributed by atoms with Crippen molar-refractivity contribution in [3.05, 3.63) is 48.0 Å². The van der Waals surface area contributed by atoms with E-state index in [1.54, 1.807) is 31.2 Å². The molecule has 0 N–H and O–H groups in total. The third-order valence-electron chi connectivity index (χ3n) is 4.93. The number of unbranched alkanes of at least 4 members (excludes halogenated alkanes) is 1. The van der Waals surface area contributed by atoms with Gasteiger partial charge < -0.3 is 14.2 Å². The smallest absolute Gasteiger partial charge is 0.494 e. The van der Waals surface area contributed by atoms with Gasteiger partial charge in [-0.1, -0.05) is 38.8 Å². The topological polar surface area (TPSA) is 44.8 Å². The van der Waals surface area contributed by atoms with Gasteiger partial charge in [0.1, 0.15) is 5.75 Å². The number of benzene rings is 2. The van der Waals surface area contributed by atoms with Crippen LogP contribution >= 0.6 is 0 Å². The zero-order chi connectivity index (χ0) is 24.4. The lowest BCUT2D eigenvalue weighted by Crippen LogP contribution is -2.25. The van der Waals surface area contributed by atoms with E-state index in [-0.39, 0.29) is 12.0 Å². The third kappa shape index (κ3) is 7.91. The number of carbonyl (C=O) groups is 1. The maximum atomic E-state index is 14.5. The van der Waals surface area contributed by atoms with Crippen LogP contribution in [0, 0.1) is 17.6 Å². The van der Waals surface area contributed by atoms with Crippen molar-refractivity contribution in [3.63, 3.8) is 0 Å². The molecular formula is C24H27F5O4. The Labute approximate surface area is 189 Å². The molecule has 9 heteroatoms. The second-order valence-electron chi connectivity index (χ2n) is 7.48. The van der Waals surface area contributed by atoms with Crippen molar-refractivity contribution < 1.29 is 41.0 Å². The van der Waals surface area contributed by atoms with Crippen molar-refractivity contribution in [1.29, 1.82) is 0 Å². The van der Waals surface area contributed by atoms with E-state index in [2.05, 4.69) is 9.47 Å². The van der Waals surface area contributed by atoms with Crippen LogP contribution in [0.2, 0.25) is 0 Å². The summed E-state index contributed by atoms with van der Waals surface area (Å²) in [7, 11) is 0. The molecule has 0 radical (unpaired) electrons. The zero-order valence-electron chi connectivity index (χ0n) is 18.5. The maximum Gasteiger partial charge on any atom is 0.513 e.